The molecule has 1 aromatic rings. The van der Waals surface area contributed by atoms with E-state index in [1.165, 1.54) is 5.69 Å². The fourth-order valence-corrected chi connectivity index (χ4v) is 1.93. The maximum Gasteiger partial charge on any atom is 0.132 e. The molecule has 1 aliphatic carbocycles. The number of rotatable bonds is 3. The molecule has 4 nitrogen and oxygen atoms in total. The van der Waals surface area contributed by atoms with Gasteiger partial charge in [-0.15, -0.1) is 0 Å². The predicted octanol–water partition coefficient (Wildman–Crippen LogP) is 1.67. The van der Waals surface area contributed by atoms with Gasteiger partial charge in [0.1, 0.15) is 12.4 Å². The van der Waals surface area contributed by atoms with E-state index >= 15 is 0 Å². The van der Waals surface area contributed by atoms with Gasteiger partial charge >= 0.3 is 0 Å². The fraction of sp³-hybridized carbons (Fsp3) is 0.727. The third-order valence-electron chi connectivity index (χ3n) is 2.71. The molecule has 0 aromatic carbocycles. The minimum atomic E-state index is 0.109. The zero-order chi connectivity index (χ0) is 10.8. The Bertz CT molecular complexity index is 333. The number of aryl methyl sites for hydroxylation is 1. The van der Waals surface area contributed by atoms with Crippen molar-refractivity contribution in [2.75, 3.05) is 0 Å². The van der Waals surface area contributed by atoms with Crippen molar-refractivity contribution < 1.29 is 4.74 Å². The minimum absolute atomic E-state index is 0.109. The Kier molecular flexibility index (Phi) is 3.07. The van der Waals surface area contributed by atoms with Gasteiger partial charge in [-0.1, -0.05) is 0 Å². The van der Waals surface area contributed by atoms with E-state index in [4.69, 9.17) is 10.5 Å². The summed E-state index contributed by atoms with van der Waals surface area (Å²) in [6, 6.07) is 0.109. The Morgan fingerprint density at radius 3 is 3.07 bits per heavy atom. The SMILES string of the molecule is CC(C)OCc1nc2c([nH]1)CCCC2N. The summed E-state index contributed by atoms with van der Waals surface area (Å²) in [6.45, 7) is 4.60. The first-order valence-electron chi connectivity index (χ1n) is 5.61. The third-order valence-corrected chi connectivity index (χ3v) is 2.71. The van der Waals surface area contributed by atoms with Crippen LogP contribution in [0.5, 0.6) is 0 Å². The molecule has 3 N–H and O–H groups in total. The molecule has 0 amide bonds. The van der Waals surface area contributed by atoms with Crippen molar-refractivity contribution in [2.45, 2.75) is 51.9 Å². The highest BCUT2D eigenvalue weighted by Crippen LogP contribution is 2.25. The highest BCUT2D eigenvalue weighted by Gasteiger charge is 2.21. The van der Waals surface area contributed by atoms with Gasteiger partial charge in [-0.25, -0.2) is 4.98 Å². The predicted molar refractivity (Wildman–Crippen MR) is 58.4 cm³/mol. The van der Waals surface area contributed by atoms with E-state index < -0.39 is 0 Å². The molecule has 1 heterocycles. The highest BCUT2D eigenvalue weighted by molar-refractivity contribution is 5.20. The molecule has 0 saturated heterocycles. The van der Waals surface area contributed by atoms with Gasteiger partial charge in [-0.3, -0.25) is 0 Å². The number of nitrogens with zero attached hydrogens (tertiary/aromatic N) is 1. The molecule has 1 aromatic heterocycles. The van der Waals surface area contributed by atoms with E-state index in [9.17, 15) is 0 Å². The molecule has 0 spiro atoms. The molecule has 0 bridgehead atoms. The summed E-state index contributed by atoms with van der Waals surface area (Å²) in [7, 11) is 0. The average Bonchev–Trinajstić information content (AvgIpc) is 2.59. The Morgan fingerprint density at radius 1 is 1.60 bits per heavy atom. The summed E-state index contributed by atoms with van der Waals surface area (Å²) in [5, 5.41) is 0. The molecule has 1 atom stereocenters. The molecular weight excluding hydrogens is 190 g/mol. The van der Waals surface area contributed by atoms with Crippen molar-refractivity contribution in [1.29, 1.82) is 0 Å². The Balaban J connectivity index is 2.08. The lowest BCUT2D eigenvalue weighted by atomic mass is 9.97. The van der Waals surface area contributed by atoms with Crippen LogP contribution in [-0.2, 0) is 17.8 Å². The zero-order valence-corrected chi connectivity index (χ0v) is 9.42. The van der Waals surface area contributed by atoms with Crippen LogP contribution in [0, 0.1) is 0 Å². The first-order chi connectivity index (χ1) is 7.16. The van der Waals surface area contributed by atoms with Gasteiger partial charge in [0, 0.05) is 11.7 Å². The topological polar surface area (TPSA) is 63.9 Å². The van der Waals surface area contributed by atoms with Crippen molar-refractivity contribution in [1.82, 2.24) is 9.97 Å². The van der Waals surface area contributed by atoms with Crippen LogP contribution in [0.15, 0.2) is 0 Å². The van der Waals surface area contributed by atoms with E-state index in [-0.39, 0.29) is 12.1 Å². The molecule has 1 unspecified atom stereocenters. The molecule has 1 aliphatic rings. The molecule has 0 saturated carbocycles. The van der Waals surface area contributed by atoms with Gasteiger partial charge in [0.15, 0.2) is 0 Å². The molecule has 2 rings (SSSR count). The van der Waals surface area contributed by atoms with Crippen LogP contribution >= 0.6 is 0 Å². The first-order valence-corrected chi connectivity index (χ1v) is 5.61. The summed E-state index contributed by atoms with van der Waals surface area (Å²) < 4.78 is 5.51. The smallest absolute Gasteiger partial charge is 0.132 e. The van der Waals surface area contributed by atoms with Crippen molar-refractivity contribution in [2.24, 2.45) is 5.73 Å². The van der Waals surface area contributed by atoms with Gasteiger partial charge in [-0.05, 0) is 33.1 Å². The summed E-state index contributed by atoms with van der Waals surface area (Å²) in [4.78, 5) is 7.80. The number of hydrogen-bond donors (Lipinski definition) is 2. The summed E-state index contributed by atoms with van der Waals surface area (Å²) in [5.41, 5.74) is 8.24. The Hall–Kier alpha value is -0.870. The second-order valence-corrected chi connectivity index (χ2v) is 4.41. The molecule has 0 radical (unpaired) electrons. The van der Waals surface area contributed by atoms with Crippen LogP contribution in [0.1, 0.15) is 49.9 Å². The van der Waals surface area contributed by atoms with E-state index in [0.29, 0.717) is 6.61 Å². The monoisotopic (exact) mass is 209 g/mol. The summed E-state index contributed by atoms with van der Waals surface area (Å²) >= 11 is 0. The van der Waals surface area contributed by atoms with Crippen LogP contribution in [0.25, 0.3) is 0 Å². The van der Waals surface area contributed by atoms with Gasteiger partial charge in [0.2, 0.25) is 0 Å². The number of imidazole rings is 1. The van der Waals surface area contributed by atoms with Gasteiger partial charge in [0.25, 0.3) is 0 Å². The van der Waals surface area contributed by atoms with E-state index in [0.717, 1.165) is 30.8 Å². The number of hydrogen-bond acceptors (Lipinski definition) is 3. The van der Waals surface area contributed by atoms with E-state index in [2.05, 4.69) is 9.97 Å². The Morgan fingerprint density at radius 2 is 2.40 bits per heavy atom. The number of aromatic amines is 1. The molecule has 84 valence electrons. The quantitative estimate of drug-likeness (QED) is 0.796. The number of H-pyrrole nitrogens is 1. The van der Waals surface area contributed by atoms with Crippen molar-refractivity contribution in [3.63, 3.8) is 0 Å². The minimum Gasteiger partial charge on any atom is -0.371 e. The third kappa shape index (κ3) is 2.38. The van der Waals surface area contributed by atoms with Gasteiger partial charge in [0.05, 0.1) is 11.8 Å². The summed E-state index contributed by atoms with van der Waals surface area (Å²) in [6.07, 6.45) is 3.50. The molecule has 0 aliphatic heterocycles. The second kappa shape index (κ2) is 4.33. The maximum absolute atomic E-state index is 5.99. The van der Waals surface area contributed by atoms with Crippen molar-refractivity contribution in [3.8, 4) is 0 Å². The second-order valence-electron chi connectivity index (χ2n) is 4.41. The number of nitrogens with one attached hydrogen (secondary N) is 1. The van der Waals surface area contributed by atoms with Crippen molar-refractivity contribution in [3.05, 3.63) is 17.2 Å². The number of aromatic nitrogens is 2. The van der Waals surface area contributed by atoms with Crippen LogP contribution in [0.4, 0.5) is 0 Å². The Labute approximate surface area is 90.2 Å². The van der Waals surface area contributed by atoms with Gasteiger partial charge < -0.3 is 15.5 Å². The maximum atomic E-state index is 5.99. The lowest BCUT2D eigenvalue weighted by Crippen LogP contribution is -2.17. The summed E-state index contributed by atoms with van der Waals surface area (Å²) in [5.74, 6) is 0.908. The fourth-order valence-electron chi connectivity index (χ4n) is 1.93. The average molecular weight is 209 g/mol. The largest absolute Gasteiger partial charge is 0.371 e. The van der Waals surface area contributed by atoms with Crippen LogP contribution in [0.2, 0.25) is 0 Å². The van der Waals surface area contributed by atoms with Gasteiger partial charge in [-0.2, -0.15) is 0 Å². The van der Waals surface area contributed by atoms with Crippen LogP contribution < -0.4 is 5.73 Å². The lowest BCUT2D eigenvalue weighted by Gasteiger charge is -2.15. The zero-order valence-electron chi connectivity index (χ0n) is 9.42. The molecule has 15 heavy (non-hydrogen) atoms. The number of fused-ring (bicyclic) bond motifs is 1. The normalized spacial score (nSPS) is 20.7. The van der Waals surface area contributed by atoms with Crippen LogP contribution in [-0.4, -0.2) is 16.1 Å². The van der Waals surface area contributed by atoms with E-state index in [1.54, 1.807) is 0 Å². The van der Waals surface area contributed by atoms with E-state index in [1.807, 2.05) is 13.8 Å². The number of nitrogens with two attached hydrogens (primary N) is 1. The highest BCUT2D eigenvalue weighted by atomic mass is 16.5. The standard InChI is InChI=1S/C11H19N3O/c1-7(2)15-6-10-13-9-5-3-4-8(12)11(9)14-10/h7-8H,3-6,12H2,1-2H3,(H,13,14). The molecule has 0 fully saturated rings. The molecular formula is C11H19N3O. The lowest BCUT2D eigenvalue weighted by molar-refractivity contribution is 0.0616. The number of ether oxygens (including phenoxy) is 1. The van der Waals surface area contributed by atoms with Crippen LogP contribution in [0.3, 0.4) is 0 Å². The van der Waals surface area contributed by atoms with Crippen molar-refractivity contribution >= 4 is 0 Å². The first kappa shape index (κ1) is 10.6. The molecule has 4 heteroatoms.